The number of halogens is 1. The average molecular weight is 267 g/mol. The molecule has 0 spiro atoms. The number of carboxylic acid groups (broad SMARTS) is 1. The van der Waals surface area contributed by atoms with Crippen molar-refractivity contribution < 1.29 is 14.3 Å². The molecule has 1 aromatic carbocycles. The molecule has 1 aromatic rings. The predicted octanol–water partition coefficient (Wildman–Crippen LogP) is 1.25. The van der Waals surface area contributed by atoms with Gasteiger partial charge in [-0.05, 0) is 12.6 Å². The van der Waals surface area contributed by atoms with Gasteiger partial charge in [-0.25, -0.2) is 9.18 Å². The van der Waals surface area contributed by atoms with Crippen molar-refractivity contribution >= 4 is 17.3 Å². The Labute approximate surface area is 111 Å². The Morgan fingerprint density at radius 3 is 2.53 bits per heavy atom. The lowest BCUT2D eigenvalue weighted by molar-refractivity contribution is 0.0692. The molecule has 0 radical (unpaired) electrons. The van der Waals surface area contributed by atoms with Gasteiger partial charge in [0.05, 0.1) is 16.9 Å². The summed E-state index contributed by atoms with van der Waals surface area (Å²) < 4.78 is 13.7. The summed E-state index contributed by atoms with van der Waals surface area (Å²) in [5.74, 6) is -2.04. The van der Waals surface area contributed by atoms with Crippen LogP contribution >= 0.6 is 0 Å². The van der Waals surface area contributed by atoms with Crippen molar-refractivity contribution in [3.63, 3.8) is 0 Å². The second-order valence-corrected chi connectivity index (χ2v) is 4.62. The van der Waals surface area contributed by atoms with Crippen LogP contribution in [0.2, 0.25) is 0 Å². The summed E-state index contributed by atoms with van der Waals surface area (Å²) in [6.07, 6.45) is 0. The van der Waals surface area contributed by atoms with Crippen molar-refractivity contribution in [2.75, 3.05) is 43.4 Å². The van der Waals surface area contributed by atoms with Gasteiger partial charge in [0.15, 0.2) is 0 Å². The Bertz CT molecular complexity index is 485. The summed E-state index contributed by atoms with van der Waals surface area (Å²) in [6.45, 7) is 6.44. The highest BCUT2D eigenvalue weighted by Crippen LogP contribution is 2.27. The molecule has 6 heteroatoms. The van der Waals surface area contributed by atoms with Crippen LogP contribution in [0.5, 0.6) is 0 Å². The van der Waals surface area contributed by atoms with E-state index in [0.29, 0.717) is 11.4 Å². The number of hydrogen-bond acceptors (Lipinski definition) is 4. The van der Waals surface area contributed by atoms with Crippen LogP contribution in [-0.2, 0) is 0 Å². The van der Waals surface area contributed by atoms with Crippen molar-refractivity contribution in [2.45, 2.75) is 6.92 Å². The molecule has 1 fully saturated rings. The van der Waals surface area contributed by atoms with Crippen LogP contribution in [0.4, 0.5) is 15.8 Å². The molecule has 1 heterocycles. The minimum atomic E-state index is -1.30. The molecule has 5 nitrogen and oxygen atoms in total. The van der Waals surface area contributed by atoms with E-state index >= 15 is 0 Å². The summed E-state index contributed by atoms with van der Waals surface area (Å²) in [7, 11) is 0. The van der Waals surface area contributed by atoms with E-state index in [9.17, 15) is 9.18 Å². The maximum atomic E-state index is 13.7. The molecule has 3 N–H and O–H groups in total. The van der Waals surface area contributed by atoms with Gasteiger partial charge in [0, 0.05) is 32.2 Å². The number of nitrogen functional groups attached to an aromatic ring is 1. The molecule has 1 aliphatic rings. The lowest BCUT2D eigenvalue weighted by Crippen LogP contribution is -2.46. The summed E-state index contributed by atoms with van der Waals surface area (Å²) in [4.78, 5) is 15.1. The molecular weight excluding hydrogens is 249 g/mol. The van der Waals surface area contributed by atoms with Crippen molar-refractivity contribution in [1.29, 1.82) is 0 Å². The SMILES string of the molecule is CCN1CCN(c2cc(F)c(C(=O)O)cc2N)CC1. The van der Waals surface area contributed by atoms with Gasteiger partial charge in [0.25, 0.3) is 0 Å². The number of nitrogens with zero attached hydrogens (tertiary/aromatic N) is 2. The van der Waals surface area contributed by atoms with E-state index in [4.69, 9.17) is 10.8 Å². The van der Waals surface area contributed by atoms with Crippen LogP contribution in [0.25, 0.3) is 0 Å². The maximum Gasteiger partial charge on any atom is 0.338 e. The van der Waals surface area contributed by atoms with Gasteiger partial charge < -0.3 is 20.6 Å². The van der Waals surface area contributed by atoms with Crippen LogP contribution in [0, 0.1) is 5.82 Å². The highest BCUT2D eigenvalue weighted by Gasteiger charge is 2.20. The zero-order valence-electron chi connectivity index (χ0n) is 10.9. The monoisotopic (exact) mass is 267 g/mol. The first-order valence-corrected chi connectivity index (χ1v) is 6.32. The Morgan fingerprint density at radius 2 is 2.00 bits per heavy atom. The lowest BCUT2D eigenvalue weighted by atomic mass is 10.1. The summed E-state index contributed by atoms with van der Waals surface area (Å²) in [6, 6.07) is 2.42. The van der Waals surface area contributed by atoms with Crippen LogP contribution in [0.3, 0.4) is 0 Å². The molecule has 1 saturated heterocycles. The molecular formula is C13H18FN3O2. The first-order valence-electron chi connectivity index (χ1n) is 6.32. The molecule has 0 unspecified atom stereocenters. The first-order chi connectivity index (χ1) is 9.02. The minimum absolute atomic E-state index is 0.309. The normalized spacial score (nSPS) is 16.6. The number of anilines is 2. The Hall–Kier alpha value is -1.82. The number of rotatable bonds is 3. The molecule has 0 aromatic heterocycles. The molecule has 0 bridgehead atoms. The smallest absolute Gasteiger partial charge is 0.338 e. The third kappa shape index (κ3) is 2.78. The number of benzene rings is 1. The Balaban J connectivity index is 2.22. The van der Waals surface area contributed by atoms with Gasteiger partial charge in [-0.2, -0.15) is 0 Å². The first kappa shape index (κ1) is 13.6. The number of hydrogen-bond donors (Lipinski definition) is 2. The number of aromatic carboxylic acids is 1. The van der Waals surface area contributed by atoms with Crippen LogP contribution < -0.4 is 10.6 Å². The standard InChI is InChI=1S/C13H18FN3O2/c1-2-16-3-5-17(6-4-16)12-8-10(14)9(13(18)19)7-11(12)15/h7-8H,2-6,15H2,1H3,(H,18,19). The van der Waals surface area contributed by atoms with Gasteiger partial charge in [0.2, 0.25) is 0 Å². The van der Waals surface area contributed by atoms with Crippen molar-refractivity contribution in [3.05, 3.63) is 23.5 Å². The van der Waals surface area contributed by atoms with Gasteiger partial charge in [-0.15, -0.1) is 0 Å². The number of carboxylic acids is 1. The molecule has 0 aliphatic carbocycles. The van der Waals surface area contributed by atoms with Crippen molar-refractivity contribution in [3.8, 4) is 0 Å². The fraction of sp³-hybridized carbons (Fsp3) is 0.462. The van der Waals surface area contributed by atoms with E-state index in [0.717, 1.165) is 32.7 Å². The third-order valence-corrected chi connectivity index (χ3v) is 3.51. The summed E-state index contributed by atoms with van der Waals surface area (Å²) in [5.41, 5.74) is 6.35. The predicted molar refractivity (Wildman–Crippen MR) is 72.1 cm³/mol. The van der Waals surface area contributed by atoms with E-state index in [1.54, 1.807) is 0 Å². The quantitative estimate of drug-likeness (QED) is 0.807. The largest absolute Gasteiger partial charge is 0.478 e. The Kier molecular flexibility index (Phi) is 3.90. The van der Waals surface area contributed by atoms with E-state index in [2.05, 4.69) is 11.8 Å². The number of likely N-dealkylation sites (N-methyl/N-ethyl adjacent to an activating group) is 1. The molecule has 1 aliphatic heterocycles. The molecule has 0 saturated carbocycles. The van der Waals surface area contributed by atoms with E-state index in [-0.39, 0.29) is 5.56 Å². The van der Waals surface area contributed by atoms with Gasteiger partial charge >= 0.3 is 5.97 Å². The van der Waals surface area contributed by atoms with Crippen LogP contribution in [-0.4, -0.2) is 48.7 Å². The Morgan fingerprint density at radius 1 is 1.37 bits per heavy atom. The molecule has 0 atom stereocenters. The van der Waals surface area contributed by atoms with E-state index in [1.807, 2.05) is 4.90 Å². The summed E-state index contributed by atoms with van der Waals surface area (Å²) in [5, 5.41) is 8.84. The van der Waals surface area contributed by atoms with E-state index in [1.165, 1.54) is 12.1 Å². The van der Waals surface area contributed by atoms with Crippen LogP contribution in [0.15, 0.2) is 12.1 Å². The number of piperazine rings is 1. The zero-order chi connectivity index (χ0) is 14.0. The number of carbonyl (C=O) groups is 1. The van der Waals surface area contributed by atoms with Gasteiger partial charge in [0.1, 0.15) is 5.82 Å². The average Bonchev–Trinajstić information content (AvgIpc) is 2.41. The molecule has 19 heavy (non-hydrogen) atoms. The van der Waals surface area contributed by atoms with E-state index < -0.39 is 11.8 Å². The topological polar surface area (TPSA) is 69.8 Å². The highest BCUT2D eigenvalue weighted by atomic mass is 19.1. The fourth-order valence-electron chi connectivity index (χ4n) is 2.32. The maximum absolute atomic E-state index is 13.7. The molecule has 0 amide bonds. The molecule has 2 rings (SSSR count). The zero-order valence-corrected chi connectivity index (χ0v) is 10.9. The van der Waals surface area contributed by atoms with Crippen molar-refractivity contribution in [1.82, 2.24) is 4.90 Å². The van der Waals surface area contributed by atoms with Crippen LogP contribution in [0.1, 0.15) is 17.3 Å². The molecule has 104 valence electrons. The minimum Gasteiger partial charge on any atom is -0.478 e. The second-order valence-electron chi connectivity index (χ2n) is 4.62. The van der Waals surface area contributed by atoms with Crippen molar-refractivity contribution in [2.24, 2.45) is 0 Å². The third-order valence-electron chi connectivity index (χ3n) is 3.51. The lowest BCUT2D eigenvalue weighted by Gasteiger charge is -2.36. The highest BCUT2D eigenvalue weighted by molar-refractivity contribution is 5.91. The summed E-state index contributed by atoms with van der Waals surface area (Å²) >= 11 is 0. The van der Waals surface area contributed by atoms with Gasteiger partial charge in [-0.1, -0.05) is 6.92 Å². The second kappa shape index (κ2) is 5.44. The fourth-order valence-corrected chi connectivity index (χ4v) is 2.32. The number of nitrogens with two attached hydrogens (primary N) is 1. The van der Waals surface area contributed by atoms with Gasteiger partial charge in [-0.3, -0.25) is 0 Å².